The lowest BCUT2D eigenvalue weighted by atomic mass is 10.2. The Balaban J connectivity index is 1.87. The maximum atomic E-state index is 12.1. The Morgan fingerprint density at radius 3 is 2.95 bits per heavy atom. The molecular formula is C15H23N5OS. The van der Waals surface area contributed by atoms with E-state index in [1.165, 1.54) is 11.3 Å². The molecule has 22 heavy (non-hydrogen) atoms. The predicted octanol–water partition coefficient (Wildman–Crippen LogP) is 2.00. The van der Waals surface area contributed by atoms with Gasteiger partial charge in [0.1, 0.15) is 10.7 Å². The van der Waals surface area contributed by atoms with E-state index >= 15 is 0 Å². The van der Waals surface area contributed by atoms with Gasteiger partial charge < -0.3 is 10.2 Å². The molecule has 1 N–H and O–H groups in total. The minimum atomic E-state index is -0.121. The summed E-state index contributed by atoms with van der Waals surface area (Å²) in [6, 6.07) is 0.522. The van der Waals surface area contributed by atoms with Crippen LogP contribution in [-0.2, 0) is 7.05 Å². The van der Waals surface area contributed by atoms with E-state index in [1.807, 2.05) is 13.2 Å². The van der Waals surface area contributed by atoms with Crippen LogP contribution in [0.3, 0.4) is 0 Å². The van der Waals surface area contributed by atoms with Gasteiger partial charge in [-0.05, 0) is 20.4 Å². The van der Waals surface area contributed by atoms with E-state index in [2.05, 4.69) is 41.2 Å². The van der Waals surface area contributed by atoms with E-state index in [0.717, 1.165) is 23.5 Å². The molecular weight excluding hydrogens is 298 g/mol. The molecule has 0 aliphatic rings. The zero-order valence-electron chi connectivity index (χ0n) is 13.5. The fourth-order valence-corrected chi connectivity index (χ4v) is 2.79. The van der Waals surface area contributed by atoms with Crippen LogP contribution in [0.2, 0.25) is 0 Å². The third-order valence-corrected chi connectivity index (χ3v) is 4.67. The normalized spacial score (nSPS) is 12.6. The highest BCUT2D eigenvalue weighted by Gasteiger charge is 2.13. The van der Waals surface area contributed by atoms with Gasteiger partial charge >= 0.3 is 0 Å². The molecule has 7 heteroatoms. The molecule has 120 valence electrons. The molecule has 2 aromatic heterocycles. The molecule has 2 aromatic rings. The van der Waals surface area contributed by atoms with Crippen LogP contribution in [0.25, 0.3) is 10.6 Å². The van der Waals surface area contributed by atoms with Crippen LogP contribution in [0.1, 0.15) is 30.8 Å². The van der Waals surface area contributed by atoms with Crippen LogP contribution >= 0.6 is 11.3 Å². The zero-order chi connectivity index (χ0) is 16.1. The largest absolute Gasteiger partial charge is 0.349 e. The third kappa shape index (κ3) is 4.14. The lowest BCUT2D eigenvalue weighted by molar-refractivity contribution is 0.0943. The second-order valence-electron chi connectivity index (χ2n) is 5.43. The van der Waals surface area contributed by atoms with Gasteiger partial charge in [-0.15, -0.1) is 11.3 Å². The molecule has 0 spiro atoms. The van der Waals surface area contributed by atoms with Crippen molar-refractivity contribution >= 4 is 17.2 Å². The van der Waals surface area contributed by atoms with Crippen LogP contribution in [-0.4, -0.2) is 51.8 Å². The van der Waals surface area contributed by atoms with Crippen molar-refractivity contribution in [1.29, 1.82) is 0 Å². The van der Waals surface area contributed by atoms with Gasteiger partial charge in [0, 0.05) is 43.3 Å². The van der Waals surface area contributed by atoms with E-state index in [9.17, 15) is 4.79 Å². The highest BCUT2D eigenvalue weighted by Crippen LogP contribution is 2.22. The molecule has 6 nitrogen and oxygen atoms in total. The molecule has 0 aliphatic heterocycles. The van der Waals surface area contributed by atoms with Crippen LogP contribution in [0, 0.1) is 0 Å². The van der Waals surface area contributed by atoms with E-state index in [0.29, 0.717) is 18.3 Å². The topological polar surface area (TPSA) is 63.1 Å². The van der Waals surface area contributed by atoms with Crippen molar-refractivity contribution < 1.29 is 4.79 Å². The molecule has 0 radical (unpaired) electrons. The van der Waals surface area contributed by atoms with Gasteiger partial charge in [-0.25, -0.2) is 4.98 Å². The number of hydrogen-bond donors (Lipinski definition) is 1. The standard InChI is InChI=1S/C15H23N5OS/c1-5-11(2)19(3)7-6-16-14(21)13-10-22-15(18-13)12-8-17-20(4)9-12/h8-11H,5-7H2,1-4H3,(H,16,21). The van der Waals surface area contributed by atoms with Crippen molar-refractivity contribution in [2.24, 2.45) is 7.05 Å². The van der Waals surface area contributed by atoms with Gasteiger partial charge in [-0.1, -0.05) is 6.92 Å². The molecule has 0 aromatic carbocycles. The Labute approximate surface area is 135 Å². The Morgan fingerprint density at radius 1 is 1.55 bits per heavy atom. The first kappa shape index (κ1) is 16.6. The summed E-state index contributed by atoms with van der Waals surface area (Å²) in [5, 5.41) is 9.64. The average Bonchev–Trinajstić information content (AvgIpc) is 3.14. The number of rotatable bonds is 7. The quantitative estimate of drug-likeness (QED) is 0.847. The number of aryl methyl sites for hydroxylation is 1. The van der Waals surface area contributed by atoms with Crippen molar-refractivity contribution in [1.82, 2.24) is 25.0 Å². The number of likely N-dealkylation sites (N-methyl/N-ethyl adjacent to an activating group) is 1. The number of nitrogens with zero attached hydrogens (tertiary/aromatic N) is 4. The first-order valence-corrected chi connectivity index (χ1v) is 8.32. The Morgan fingerprint density at radius 2 is 2.32 bits per heavy atom. The number of hydrogen-bond acceptors (Lipinski definition) is 5. The molecule has 0 fully saturated rings. The van der Waals surface area contributed by atoms with Gasteiger partial charge in [0.05, 0.1) is 6.20 Å². The van der Waals surface area contributed by atoms with Crippen molar-refractivity contribution in [3.8, 4) is 10.6 Å². The van der Waals surface area contributed by atoms with Crippen LogP contribution in [0.5, 0.6) is 0 Å². The average molecular weight is 321 g/mol. The maximum absolute atomic E-state index is 12.1. The summed E-state index contributed by atoms with van der Waals surface area (Å²) in [7, 11) is 3.93. The van der Waals surface area contributed by atoms with Gasteiger partial charge in [0.2, 0.25) is 0 Å². The molecule has 0 saturated heterocycles. The van der Waals surface area contributed by atoms with Crippen LogP contribution in [0.4, 0.5) is 0 Å². The van der Waals surface area contributed by atoms with Crippen molar-refractivity contribution in [2.45, 2.75) is 26.3 Å². The predicted molar refractivity (Wildman–Crippen MR) is 89.0 cm³/mol. The van der Waals surface area contributed by atoms with Crippen molar-refractivity contribution in [3.05, 3.63) is 23.5 Å². The highest BCUT2D eigenvalue weighted by atomic mass is 32.1. The van der Waals surface area contributed by atoms with Crippen LogP contribution < -0.4 is 5.32 Å². The summed E-state index contributed by atoms with van der Waals surface area (Å²) in [6.07, 6.45) is 4.74. The summed E-state index contributed by atoms with van der Waals surface area (Å²) in [4.78, 5) is 18.7. The van der Waals surface area contributed by atoms with Gasteiger partial charge in [-0.3, -0.25) is 9.48 Å². The molecule has 0 bridgehead atoms. The summed E-state index contributed by atoms with van der Waals surface area (Å²) in [5.41, 5.74) is 1.40. The fourth-order valence-electron chi connectivity index (χ4n) is 2.01. The van der Waals surface area contributed by atoms with Crippen molar-refractivity contribution in [2.75, 3.05) is 20.1 Å². The summed E-state index contributed by atoms with van der Waals surface area (Å²) in [5.74, 6) is -0.121. The Bertz CT molecular complexity index is 621. The third-order valence-electron chi connectivity index (χ3n) is 3.78. The molecule has 2 rings (SSSR count). The molecule has 1 amide bonds. The second kappa shape index (κ2) is 7.51. The van der Waals surface area contributed by atoms with Crippen LogP contribution in [0.15, 0.2) is 17.8 Å². The number of nitrogens with one attached hydrogen (secondary N) is 1. The monoisotopic (exact) mass is 321 g/mol. The lowest BCUT2D eigenvalue weighted by Crippen LogP contribution is -2.37. The number of carbonyl (C=O) groups is 1. The minimum absolute atomic E-state index is 0.121. The first-order chi connectivity index (χ1) is 10.5. The van der Waals surface area contributed by atoms with E-state index in [-0.39, 0.29) is 5.91 Å². The Hall–Kier alpha value is -1.73. The van der Waals surface area contributed by atoms with Crippen molar-refractivity contribution in [3.63, 3.8) is 0 Å². The van der Waals surface area contributed by atoms with E-state index in [1.54, 1.807) is 16.3 Å². The summed E-state index contributed by atoms with van der Waals surface area (Å²) in [6.45, 7) is 5.80. The minimum Gasteiger partial charge on any atom is -0.349 e. The lowest BCUT2D eigenvalue weighted by Gasteiger charge is -2.23. The first-order valence-electron chi connectivity index (χ1n) is 7.44. The fraction of sp³-hybridized carbons (Fsp3) is 0.533. The van der Waals surface area contributed by atoms with E-state index in [4.69, 9.17) is 0 Å². The van der Waals surface area contributed by atoms with Gasteiger partial charge in [0.25, 0.3) is 5.91 Å². The van der Waals surface area contributed by atoms with E-state index < -0.39 is 0 Å². The molecule has 2 heterocycles. The zero-order valence-corrected chi connectivity index (χ0v) is 14.4. The molecule has 0 aliphatic carbocycles. The number of aromatic nitrogens is 3. The van der Waals surface area contributed by atoms with Gasteiger partial charge in [-0.2, -0.15) is 5.10 Å². The molecule has 0 saturated carbocycles. The number of thiazole rings is 1. The molecule has 1 atom stereocenters. The SMILES string of the molecule is CCC(C)N(C)CCNC(=O)c1csc(-c2cnn(C)c2)n1. The summed E-state index contributed by atoms with van der Waals surface area (Å²) >= 11 is 1.46. The smallest absolute Gasteiger partial charge is 0.270 e. The summed E-state index contributed by atoms with van der Waals surface area (Å²) < 4.78 is 1.72. The highest BCUT2D eigenvalue weighted by molar-refractivity contribution is 7.13. The van der Waals surface area contributed by atoms with Gasteiger partial charge in [0.15, 0.2) is 0 Å². The molecule has 1 unspecified atom stereocenters. The number of amides is 1. The number of carbonyl (C=O) groups excluding carboxylic acids is 1. The Kier molecular flexibility index (Phi) is 5.68. The second-order valence-corrected chi connectivity index (χ2v) is 6.29. The maximum Gasteiger partial charge on any atom is 0.270 e.